The fraction of sp³-hybridized carbons (Fsp3) is 0.143. The van der Waals surface area contributed by atoms with Crippen molar-refractivity contribution in [3.63, 3.8) is 0 Å². The van der Waals surface area contributed by atoms with Crippen molar-refractivity contribution in [2.24, 2.45) is 10.8 Å². The molecule has 0 aliphatic heterocycles. The number of hydrogen-bond acceptors (Lipinski definition) is 4. The van der Waals surface area contributed by atoms with Gasteiger partial charge in [-0.3, -0.25) is 0 Å². The normalized spacial score (nSPS) is 10.5. The van der Waals surface area contributed by atoms with E-state index in [9.17, 15) is 4.79 Å². The van der Waals surface area contributed by atoms with Gasteiger partial charge in [0.15, 0.2) is 0 Å². The van der Waals surface area contributed by atoms with Gasteiger partial charge in [-0.1, -0.05) is 0 Å². The number of nitrogens with two attached hydrogens (primary N) is 1. The summed E-state index contributed by atoms with van der Waals surface area (Å²) in [5, 5.41) is 5.59. The zero-order chi connectivity index (χ0) is 9.68. The first kappa shape index (κ1) is 10.1. The van der Waals surface area contributed by atoms with E-state index in [0.717, 1.165) is 5.56 Å². The third-order valence-electron chi connectivity index (χ3n) is 1.19. The summed E-state index contributed by atoms with van der Waals surface area (Å²) >= 11 is 3.31. The van der Waals surface area contributed by atoms with Crippen molar-refractivity contribution >= 4 is 35.3 Å². The molecule has 1 rings (SSSR count). The average Bonchev–Trinajstić information content (AvgIpc) is 2.52. The van der Waals surface area contributed by atoms with Crippen LogP contribution in [0, 0.1) is 0 Å². The Kier molecular flexibility index (Phi) is 3.78. The lowest BCUT2D eigenvalue weighted by atomic mass is 10.4. The van der Waals surface area contributed by atoms with Crippen molar-refractivity contribution in [2.45, 2.75) is 4.21 Å². The molecule has 1 aromatic heterocycles. The molecule has 0 aliphatic rings. The van der Waals surface area contributed by atoms with Gasteiger partial charge < -0.3 is 5.73 Å². The summed E-state index contributed by atoms with van der Waals surface area (Å²) in [5.41, 5.74) is 7.91. The molecule has 0 atom stereocenters. The van der Waals surface area contributed by atoms with Gasteiger partial charge in [-0.05, 0) is 12.3 Å². The fourth-order valence-electron chi connectivity index (χ4n) is 0.675. The first-order valence-corrected chi connectivity index (χ1v) is 5.54. The van der Waals surface area contributed by atoms with Crippen LogP contribution in [0.3, 0.4) is 0 Å². The molecule has 1 aromatic rings. The smallest absolute Gasteiger partial charge is 0.332 e. The zero-order valence-corrected chi connectivity index (χ0v) is 8.61. The molecule has 70 valence electrons. The summed E-state index contributed by atoms with van der Waals surface area (Å²) in [7, 11) is 0. The molecule has 3 N–H and O–H groups in total. The van der Waals surface area contributed by atoms with Crippen LogP contribution in [0.25, 0.3) is 0 Å². The van der Waals surface area contributed by atoms with E-state index in [0.29, 0.717) is 0 Å². The molecule has 13 heavy (non-hydrogen) atoms. The van der Waals surface area contributed by atoms with Crippen LogP contribution in [0.5, 0.6) is 0 Å². The first-order valence-electron chi connectivity index (χ1n) is 3.43. The number of hydrogen-bond donors (Lipinski definition) is 2. The highest BCUT2D eigenvalue weighted by Gasteiger charge is 1.94. The SMILES string of the molecule is CSc1cc(/C=N/NC(N)=O)cs1. The maximum Gasteiger partial charge on any atom is 0.332 e. The number of thioether (sulfide) groups is 1. The number of nitrogens with one attached hydrogen (secondary N) is 1. The Labute approximate surface area is 84.2 Å². The van der Waals surface area contributed by atoms with E-state index in [1.54, 1.807) is 29.3 Å². The highest BCUT2D eigenvalue weighted by molar-refractivity contribution is 8.00. The Bertz CT molecular complexity index is 321. The van der Waals surface area contributed by atoms with Crippen LogP contribution in [0.1, 0.15) is 5.56 Å². The molecule has 0 unspecified atom stereocenters. The van der Waals surface area contributed by atoms with Crippen LogP contribution in [0.4, 0.5) is 4.79 Å². The van der Waals surface area contributed by atoms with Crippen molar-refractivity contribution in [1.82, 2.24) is 5.43 Å². The van der Waals surface area contributed by atoms with Gasteiger partial charge in [-0.25, -0.2) is 10.2 Å². The fourth-order valence-corrected chi connectivity index (χ4v) is 2.04. The van der Waals surface area contributed by atoms with Gasteiger partial charge in [0.25, 0.3) is 0 Å². The Morgan fingerprint density at radius 2 is 2.62 bits per heavy atom. The van der Waals surface area contributed by atoms with Gasteiger partial charge in [0.1, 0.15) is 0 Å². The van der Waals surface area contributed by atoms with E-state index >= 15 is 0 Å². The Balaban J connectivity index is 2.53. The molecule has 0 fully saturated rings. The number of carbonyl (C=O) groups is 1. The molecule has 0 aromatic carbocycles. The lowest BCUT2D eigenvalue weighted by Crippen LogP contribution is -2.24. The van der Waals surface area contributed by atoms with E-state index in [2.05, 4.69) is 10.5 Å². The minimum atomic E-state index is -0.656. The maximum absolute atomic E-state index is 10.2. The molecule has 4 nitrogen and oxygen atoms in total. The lowest BCUT2D eigenvalue weighted by molar-refractivity contribution is 0.249. The average molecular weight is 215 g/mol. The Morgan fingerprint density at radius 1 is 1.85 bits per heavy atom. The number of thiophene rings is 1. The lowest BCUT2D eigenvalue weighted by Gasteiger charge is -1.88. The largest absolute Gasteiger partial charge is 0.350 e. The van der Waals surface area contributed by atoms with Gasteiger partial charge >= 0.3 is 6.03 Å². The molecule has 1 heterocycles. The zero-order valence-electron chi connectivity index (χ0n) is 6.98. The summed E-state index contributed by atoms with van der Waals surface area (Å²) < 4.78 is 1.21. The van der Waals surface area contributed by atoms with E-state index in [1.165, 1.54) is 4.21 Å². The van der Waals surface area contributed by atoms with Crippen molar-refractivity contribution in [3.05, 3.63) is 17.0 Å². The summed E-state index contributed by atoms with van der Waals surface area (Å²) in [6.45, 7) is 0. The van der Waals surface area contributed by atoms with Crippen molar-refractivity contribution in [3.8, 4) is 0 Å². The third kappa shape index (κ3) is 3.47. The number of nitrogens with zero attached hydrogens (tertiary/aromatic N) is 1. The second kappa shape index (κ2) is 4.88. The number of amides is 2. The number of carbonyl (C=O) groups excluding carboxylic acids is 1. The van der Waals surface area contributed by atoms with Gasteiger partial charge in [0.05, 0.1) is 10.4 Å². The Hall–Kier alpha value is -1.01. The number of hydrazone groups is 1. The minimum Gasteiger partial charge on any atom is -0.350 e. The van der Waals surface area contributed by atoms with Gasteiger partial charge in [-0.2, -0.15) is 5.10 Å². The molecule has 0 saturated carbocycles. The van der Waals surface area contributed by atoms with Crippen molar-refractivity contribution in [1.29, 1.82) is 0 Å². The van der Waals surface area contributed by atoms with E-state index in [4.69, 9.17) is 5.73 Å². The van der Waals surface area contributed by atoms with Crippen molar-refractivity contribution < 1.29 is 4.79 Å². The molecule has 0 bridgehead atoms. The third-order valence-corrected chi connectivity index (χ3v) is 3.23. The van der Waals surface area contributed by atoms with Crippen LogP contribution < -0.4 is 11.2 Å². The summed E-state index contributed by atoms with van der Waals surface area (Å²) in [6, 6.07) is 1.33. The summed E-state index contributed by atoms with van der Waals surface area (Å²) in [5.74, 6) is 0. The molecule has 6 heteroatoms. The number of primary amides is 1. The molecule has 0 saturated heterocycles. The van der Waals surface area contributed by atoms with Gasteiger partial charge in [0.2, 0.25) is 0 Å². The standard InChI is InChI=1S/C7H9N3OS2/c1-12-6-2-5(4-13-6)3-9-10-7(8)11/h2-4H,1H3,(H3,8,10,11)/b9-3+. The molecule has 0 radical (unpaired) electrons. The Morgan fingerprint density at radius 3 is 3.15 bits per heavy atom. The van der Waals surface area contributed by atoms with E-state index in [-0.39, 0.29) is 0 Å². The predicted molar refractivity (Wildman–Crippen MR) is 56.4 cm³/mol. The summed E-state index contributed by atoms with van der Waals surface area (Å²) in [6.07, 6.45) is 3.56. The second-order valence-corrected chi connectivity index (χ2v) is 4.16. The topological polar surface area (TPSA) is 67.5 Å². The highest BCUT2D eigenvalue weighted by atomic mass is 32.2. The van der Waals surface area contributed by atoms with Crippen LogP contribution in [-0.2, 0) is 0 Å². The molecule has 2 amide bonds. The van der Waals surface area contributed by atoms with Crippen LogP contribution >= 0.6 is 23.1 Å². The maximum atomic E-state index is 10.2. The van der Waals surface area contributed by atoms with Gasteiger partial charge in [0, 0.05) is 10.9 Å². The van der Waals surface area contributed by atoms with E-state index < -0.39 is 6.03 Å². The number of urea groups is 1. The van der Waals surface area contributed by atoms with Crippen LogP contribution in [0.15, 0.2) is 20.8 Å². The summed E-state index contributed by atoms with van der Waals surface area (Å²) in [4.78, 5) is 10.2. The predicted octanol–water partition coefficient (Wildman–Crippen LogP) is 1.47. The van der Waals surface area contributed by atoms with Crippen LogP contribution in [0.2, 0.25) is 0 Å². The highest BCUT2D eigenvalue weighted by Crippen LogP contribution is 2.22. The number of rotatable bonds is 3. The van der Waals surface area contributed by atoms with E-state index in [1.807, 2.05) is 17.7 Å². The molecule has 0 aliphatic carbocycles. The monoisotopic (exact) mass is 215 g/mol. The minimum absolute atomic E-state index is 0.656. The molecular formula is C7H9N3OS2. The first-order chi connectivity index (χ1) is 6.22. The van der Waals surface area contributed by atoms with Gasteiger partial charge in [-0.15, -0.1) is 23.1 Å². The quantitative estimate of drug-likeness (QED) is 0.455. The molecular weight excluding hydrogens is 206 g/mol. The van der Waals surface area contributed by atoms with Crippen molar-refractivity contribution in [2.75, 3.05) is 6.26 Å². The molecule has 0 spiro atoms. The van der Waals surface area contributed by atoms with Crippen LogP contribution in [-0.4, -0.2) is 18.5 Å². The second-order valence-electron chi connectivity index (χ2n) is 2.14.